The first-order valence-corrected chi connectivity index (χ1v) is 12.6. The number of likely N-dealkylation sites (tertiary alicyclic amines) is 1. The van der Waals surface area contributed by atoms with Crippen molar-refractivity contribution in [3.05, 3.63) is 35.9 Å². The predicted molar refractivity (Wildman–Crippen MR) is 139 cm³/mol. The Morgan fingerprint density at radius 3 is 1.92 bits per heavy atom. The van der Waals surface area contributed by atoms with E-state index in [9.17, 15) is 24.0 Å². The molecule has 39 heavy (non-hydrogen) atoms. The molecule has 0 spiro atoms. The topological polar surface area (TPSA) is 141 Å². The normalized spacial score (nSPS) is 17.8. The number of ether oxygens (including phenoxy) is 4. The molecule has 0 unspecified atom stereocenters. The first-order chi connectivity index (χ1) is 17.8. The van der Waals surface area contributed by atoms with Crippen LogP contribution in [0.3, 0.4) is 0 Å². The van der Waals surface area contributed by atoms with Crippen molar-refractivity contribution in [2.75, 3.05) is 0 Å². The summed E-state index contributed by atoms with van der Waals surface area (Å²) in [5.41, 5.74) is 0.0479. The molecule has 1 saturated heterocycles. The van der Waals surface area contributed by atoms with Crippen molar-refractivity contribution in [3.63, 3.8) is 0 Å². The van der Waals surface area contributed by atoms with Crippen molar-refractivity contribution in [1.29, 1.82) is 0 Å². The van der Waals surface area contributed by atoms with Crippen LogP contribution in [0.2, 0.25) is 0 Å². The molecule has 1 aromatic carbocycles. The zero-order valence-corrected chi connectivity index (χ0v) is 24.0. The van der Waals surface area contributed by atoms with E-state index in [1.54, 1.807) is 92.6 Å². The van der Waals surface area contributed by atoms with Crippen LogP contribution < -0.4 is 5.43 Å². The summed E-state index contributed by atoms with van der Waals surface area (Å²) in [6.45, 7) is 14.4. The number of carbonyl (C=O) groups excluding carboxylic acids is 5. The van der Waals surface area contributed by atoms with E-state index < -0.39 is 59.0 Å². The zero-order chi connectivity index (χ0) is 29.8. The van der Waals surface area contributed by atoms with E-state index in [2.05, 4.69) is 5.43 Å². The summed E-state index contributed by atoms with van der Waals surface area (Å²) >= 11 is 0. The number of imide groups is 1. The second-order valence-electron chi connectivity index (χ2n) is 12.0. The first kappa shape index (κ1) is 31.4. The number of rotatable bonds is 4. The number of hydrogen-bond donors (Lipinski definition) is 1. The second-order valence-corrected chi connectivity index (χ2v) is 12.0. The van der Waals surface area contributed by atoms with E-state index >= 15 is 0 Å². The summed E-state index contributed by atoms with van der Waals surface area (Å²) in [6, 6.07) is 5.81. The Morgan fingerprint density at radius 1 is 0.872 bits per heavy atom. The standard InChI is InChI=1S/C27H39N3O9/c1-25(2,3)37-21(32)19-15-18(20(31)29(19)23(34)36-16-17-13-11-10-12-14-17)30(24(35)39-27(7,8)9)28-22(33)38-26(4,5)6/h10-14,18-19H,15-16H2,1-9H3,(H,28,33)/t18-,19+/m1/s1. The molecule has 1 fully saturated rings. The Hall–Kier alpha value is -3.83. The van der Waals surface area contributed by atoms with Crippen LogP contribution in [0.1, 0.15) is 74.3 Å². The minimum absolute atomic E-state index is 0.166. The molecule has 0 radical (unpaired) electrons. The highest BCUT2D eigenvalue weighted by atomic mass is 16.6. The lowest BCUT2D eigenvalue weighted by Gasteiger charge is -2.31. The van der Waals surface area contributed by atoms with Crippen LogP contribution in [-0.4, -0.2) is 69.0 Å². The molecule has 2 rings (SSSR count). The van der Waals surface area contributed by atoms with Crippen LogP contribution in [0.4, 0.5) is 14.4 Å². The van der Waals surface area contributed by atoms with E-state index in [-0.39, 0.29) is 13.0 Å². The Labute approximate surface area is 228 Å². The van der Waals surface area contributed by atoms with Gasteiger partial charge in [-0.15, -0.1) is 0 Å². The van der Waals surface area contributed by atoms with Crippen LogP contribution >= 0.6 is 0 Å². The highest BCUT2D eigenvalue weighted by Crippen LogP contribution is 2.28. The van der Waals surface area contributed by atoms with E-state index in [0.29, 0.717) is 15.5 Å². The lowest BCUT2D eigenvalue weighted by molar-refractivity contribution is -0.161. The molecule has 1 aliphatic rings. The van der Waals surface area contributed by atoms with E-state index in [1.165, 1.54) is 0 Å². The predicted octanol–water partition coefficient (Wildman–Crippen LogP) is 4.31. The van der Waals surface area contributed by atoms with Crippen LogP contribution in [0.15, 0.2) is 30.3 Å². The van der Waals surface area contributed by atoms with E-state index in [0.717, 1.165) is 0 Å². The van der Waals surface area contributed by atoms with Crippen LogP contribution in [0.5, 0.6) is 0 Å². The quantitative estimate of drug-likeness (QED) is 0.330. The van der Waals surface area contributed by atoms with Gasteiger partial charge in [0.05, 0.1) is 0 Å². The van der Waals surface area contributed by atoms with E-state index in [1.807, 2.05) is 0 Å². The Kier molecular flexibility index (Phi) is 9.59. The minimum Gasteiger partial charge on any atom is -0.458 e. The second kappa shape index (κ2) is 11.9. The van der Waals surface area contributed by atoms with Crippen molar-refractivity contribution in [2.24, 2.45) is 0 Å². The molecule has 4 amide bonds. The number of carbonyl (C=O) groups is 5. The Balaban J connectivity index is 2.41. The smallest absolute Gasteiger partial charge is 0.430 e. The zero-order valence-electron chi connectivity index (χ0n) is 24.0. The average Bonchev–Trinajstić information content (AvgIpc) is 3.10. The molecular formula is C27H39N3O9. The number of amides is 4. The van der Waals surface area contributed by atoms with Gasteiger partial charge in [-0.3, -0.25) is 4.79 Å². The molecule has 1 heterocycles. The van der Waals surface area contributed by atoms with Crippen molar-refractivity contribution < 1.29 is 42.9 Å². The third kappa shape index (κ3) is 9.77. The number of benzene rings is 1. The number of nitrogens with one attached hydrogen (secondary N) is 1. The van der Waals surface area contributed by atoms with Crippen LogP contribution in [0.25, 0.3) is 0 Å². The van der Waals surface area contributed by atoms with E-state index in [4.69, 9.17) is 18.9 Å². The van der Waals surface area contributed by atoms with Crippen molar-refractivity contribution in [3.8, 4) is 0 Å². The summed E-state index contributed by atoms with van der Waals surface area (Å²) in [4.78, 5) is 66.1. The Bertz CT molecular complexity index is 1070. The first-order valence-electron chi connectivity index (χ1n) is 12.6. The fourth-order valence-electron chi connectivity index (χ4n) is 3.49. The molecule has 0 saturated carbocycles. The fourth-order valence-corrected chi connectivity index (χ4v) is 3.49. The molecular weight excluding hydrogens is 510 g/mol. The maximum atomic E-state index is 13.6. The molecule has 1 N–H and O–H groups in total. The highest BCUT2D eigenvalue weighted by Gasteiger charge is 2.53. The van der Waals surface area contributed by atoms with Gasteiger partial charge in [0.25, 0.3) is 5.91 Å². The van der Waals surface area contributed by atoms with Crippen molar-refractivity contribution in [1.82, 2.24) is 15.3 Å². The third-order valence-electron chi connectivity index (χ3n) is 4.87. The molecule has 1 aromatic rings. The van der Waals surface area contributed by atoms with Gasteiger partial charge >= 0.3 is 24.2 Å². The maximum absolute atomic E-state index is 13.6. The minimum atomic E-state index is -1.51. The summed E-state index contributed by atoms with van der Waals surface area (Å²) < 4.78 is 21.4. The van der Waals surface area contributed by atoms with Crippen molar-refractivity contribution >= 4 is 30.2 Å². The molecule has 12 nitrogen and oxygen atoms in total. The summed E-state index contributed by atoms with van der Waals surface area (Å²) in [7, 11) is 0. The van der Waals surface area contributed by atoms with Crippen molar-refractivity contribution in [2.45, 2.75) is 104 Å². The molecule has 2 atom stereocenters. The monoisotopic (exact) mass is 549 g/mol. The van der Waals surface area contributed by atoms with Gasteiger partial charge in [-0.1, -0.05) is 30.3 Å². The lowest BCUT2D eigenvalue weighted by atomic mass is 10.1. The number of nitrogens with zero attached hydrogens (tertiary/aromatic N) is 2. The number of esters is 1. The van der Waals surface area contributed by atoms with Gasteiger partial charge < -0.3 is 18.9 Å². The SMILES string of the molecule is CC(C)(C)OC(=O)NN(C(=O)OC(C)(C)C)[C@@H]1C[C@@H](C(=O)OC(C)(C)C)N(C(=O)OCc2ccccc2)C1=O. The molecule has 0 aromatic heterocycles. The number of hydrogen-bond acceptors (Lipinski definition) is 9. The summed E-state index contributed by atoms with van der Waals surface area (Å²) in [5, 5.41) is 0.628. The van der Waals surface area contributed by atoms with Crippen LogP contribution in [0, 0.1) is 0 Å². The van der Waals surface area contributed by atoms with Gasteiger partial charge in [0.15, 0.2) is 0 Å². The largest absolute Gasteiger partial charge is 0.458 e. The average molecular weight is 550 g/mol. The number of hydrazine groups is 1. The summed E-state index contributed by atoms with van der Waals surface area (Å²) in [6.07, 6.45) is -3.62. The van der Waals surface area contributed by atoms with Gasteiger partial charge in [0, 0.05) is 6.42 Å². The third-order valence-corrected chi connectivity index (χ3v) is 4.87. The summed E-state index contributed by atoms with van der Waals surface area (Å²) in [5.74, 6) is -1.85. The van der Waals surface area contributed by atoms with Gasteiger partial charge in [-0.2, -0.15) is 0 Å². The molecule has 12 heteroatoms. The van der Waals surface area contributed by atoms with Gasteiger partial charge in [-0.05, 0) is 67.9 Å². The fraction of sp³-hybridized carbons (Fsp3) is 0.593. The highest BCUT2D eigenvalue weighted by molar-refractivity contribution is 6.03. The molecule has 1 aliphatic heterocycles. The lowest BCUT2D eigenvalue weighted by Crippen LogP contribution is -2.56. The van der Waals surface area contributed by atoms with Gasteiger partial charge in [-0.25, -0.2) is 34.5 Å². The Morgan fingerprint density at radius 2 is 1.41 bits per heavy atom. The van der Waals surface area contributed by atoms with Gasteiger partial charge in [0.1, 0.15) is 35.5 Å². The molecule has 216 valence electrons. The molecule has 0 bridgehead atoms. The van der Waals surface area contributed by atoms with Gasteiger partial charge in [0.2, 0.25) is 0 Å². The maximum Gasteiger partial charge on any atom is 0.430 e. The van der Waals surface area contributed by atoms with Crippen LogP contribution in [-0.2, 0) is 35.1 Å². The molecule has 0 aliphatic carbocycles.